The maximum Gasteiger partial charge on any atom is 0.328 e. The summed E-state index contributed by atoms with van der Waals surface area (Å²) in [6.45, 7) is 2.49. The number of nitrogens with one attached hydrogen (secondary N) is 2. The highest BCUT2D eigenvalue weighted by Gasteiger charge is 2.06. The molecule has 1 aromatic rings. The monoisotopic (exact) mass is 292 g/mol. The van der Waals surface area contributed by atoms with Crippen molar-refractivity contribution in [1.29, 1.82) is 0 Å². The molecule has 1 unspecified atom stereocenters. The standard InChI is InChI=1S/C15H20N2O4/c1-11(9-10-21-2)16-15(20)17-13-6-3-12(4-7-13)5-8-14(18)19/h3-8,11H,9-10H2,1-2H3,(H,18,19)(H2,16,17,20). The Morgan fingerprint density at radius 2 is 2.00 bits per heavy atom. The quantitative estimate of drug-likeness (QED) is 0.673. The Morgan fingerprint density at radius 1 is 1.33 bits per heavy atom. The molecule has 0 heterocycles. The molecular formula is C15H20N2O4. The van der Waals surface area contributed by atoms with E-state index in [-0.39, 0.29) is 12.1 Å². The second-order valence-corrected chi connectivity index (χ2v) is 4.57. The van der Waals surface area contributed by atoms with E-state index in [1.165, 1.54) is 6.08 Å². The molecule has 0 aliphatic heterocycles. The largest absolute Gasteiger partial charge is 0.478 e. The summed E-state index contributed by atoms with van der Waals surface area (Å²) in [5, 5.41) is 14.0. The van der Waals surface area contributed by atoms with E-state index < -0.39 is 5.97 Å². The lowest BCUT2D eigenvalue weighted by Gasteiger charge is -2.14. The van der Waals surface area contributed by atoms with Crippen LogP contribution in [0.15, 0.2) is 30.3 Å². The zero-order chi connectivity index (χ0) is 15.7. The Labute approximate surface area is 123 Å². The number of rotatable bonds is 7. The van der Waals surface area contributed by atoms with Crippen molar-refractivity contribution >= 4 is 23.8 Å². The van der Waals surface area contributed by atoms with Crippen LogP contribution in [0.2, 0.25) is 0 Å². The normalized spacial score (nSPS) is 12.1. The third-order valence-electron chi connectivity index (χ3n) is 2.72. The van der Waals surface area contributed by atoms with Crippen LogP contribution in [-0.4, -0.2) is 36.9 Å². The third-order valence-corrected chi connectivity index (χ3v) is 2.72. The van der Waals surface area contributed by atoms with Gasteiger partial charge in [-0.1, -0.05) is 12.1 Å². The summed E-state index contributed by atoms with van der Waals surface area (Å²) in [7, 11) is 1.62. The lowest BCUT2D eigenvalue weighted by Crippen LogP contribution is -2.36. The predicted octanol–water partition coefficient (Wildman–Crippen LogP) is 2.33. The van der Waals surface area contributed by atoms with Crippen molar-refractivity contribution in [2.75, 3.05) is 19.0 Å². The molecule has 1 atom stereocenters. The molecule has 6 heteroatoms. The van der Waals surface area contributed by atoms with E-state index in [1.54, 1.807) is 31.4 Å². The van der Waals surface area contributed by atoms with Gasteiger partial charge in [0.25, 0.3) is 0 Å². The van der Waals surface area contributed by atoms with E-state index >= 15 is 0 Å². The topological polar surface area (TPSA) is 87.7 Å². The smallest absolute Gasteiger partial charge is 0.328 e. The number of amides is 2. The van der Waals surface area contributed by atoms with Gasteiger partial charge in [-0.05, 0) is 37.1 Å². The molecule has 6 nitrogen and oxygen atoms in total. The molecule has 0 spiro atoms. The van der Waals surface area contributed by atoms with Crippen molar-refractivity contribution < 1.29 is 19.4 Å². The zero-order valence-electron chi connectivity index (χ0n) is 12.1. The van der Waals surface area contributed by atoms with Gasteiger partial charge in [-0.15, -0.1) is 0 Å². The number of anilines is 1. The molecule has 0 fully saturated rings. The van der Waals surface area contributed by atoms with Crippen LogP contribution in [-0.2, 0) is 9.53 Å². The van der Waals surface area contributed by atoms with Crippen molar-refractivity contribution in [2.24, 2.45) is 0 Å². The van der Waals surface area contributed by atoms with E-state index in [0.29, 0.717) is 12.3 Å². The fourth-order valence-electron chi connectivity index (χ4n) is 1.60. The Hall–Kier alpha value is -2.34. The summed E-state index contributed by atoms with van der Waals surface area (Å²) in [5.41, 5.74) is 1.38. The first-order chi connectivity index (χ1) is 10.0. The molecule has 0 bridgehead atoms. The van der Waals surface area contributed by atoms with Gasteiger partial charge in [-0.25, -0.2) is 9.59 Å². The van der Waals surface area contributed by atoms with Gasteiger partial charge in [-0.3, -0.25) is 0 Å². The van der Waals surface area contributed by atoms with Gasteiger partial charge in [0.15, 0.2) is 0 Å². The molecule has 0 aliphatic rings. The second-order valence-electron chi connectivity index (χ2n) is 4.57. The fraction of sp³-hybridized carbons (Fsp3) is 0.333. The van der Waals surface area contributed by atoms with Crippen molar-refractivity contribution in [1.82, 2.24) is 5.32 Å². The summed E-state index contributed by atoms with van der Waals surface area (Å²) in [6, 6.07) is 6.60. The number of benzene rings is 1. The minimum atomic E-state index is -0.998. The second kappa shape index (κ2) is 8.76. The number of methoxy groups -OCH3 is 1. The molecule has 0 saturated heterocycles. The molecule has 0 aliphatic carbocycles. The van der Waals surface area contributed by atoms with E-state index in [4.69, 9.17) is 9.84 Å². The highest BCUT2D eigenvalue weighted by molar-refractivity contribution is 5.89. The Bertz CT molecular complexity index is 497. The summed E-state index contributed by atoms with van der Waals surface area (Å²) in [5.74, 6) is -0.998. The maximum absolute atomic E-state index is 11.7. The van der Waals surface area contributed by atoms with Gasteiger partial charge >= 0.3 is 12.0 Å². The number of ether oxygens (including phenoxy) is 1. The molecule has 114 valence electrons. The van der Waals surface area contributed by atoms with Crippen LogP contribution in [0.1, 0.15) is 18.9 Å². The fourth-order valence-corrected chi connectivity index (χ4v) is 1.60. The average molecular weight is 292 g/mol. The molecule has 1 rings (SSSR count). The number of urea groups is 1. The van der Waals surface area contributed by atoms with Gasteiger partial charge in [-0.2, -0.15) is 0 Å². The Morgan fingerprint density at radius 3 is 2.57 bits per heavy atom. The SMILES string of the molecule is COCCC(C)NC(=O)Nc1ccc(C=CC(=O)O)cc1. The van der Waals surface area contributed by atoms with Crippen LogP contribution in [0.5, 0.6) is 0 Å². The molecule has 0 aromatic heterocycles. The Kier molecular flexibility index (Phi) is 6.97. The number of carboxylic acid groups (broad SMARTS) is 1. The molecule has 3 N–H and O–H groups in total. The van der Waals surface area contributed by atoms with E-state index in [9.17, 15) is 9.59 Å². The lowest BCUT2D eigenvalue weighted by atomic mass is 10.2. The third kappa shape index (κ3) is 7.12. The van der Waals surface area contributed by atoms with Crippen molar-refractivity contribution in [3.05, 3.63) is 35.9 Å². The molecule has 0 saturated carbocycles. The molecule has 1 aromatic carbocycles. The van der Waals surface area contributed by atoms with Gasteiger partial charge < -0.3 is 20.5 Å². The highest BCUT2D eigenvalue weighted by atomic mass is 16.5. The van der Waals surface area contributed by atoms with Crippen LogP contribution < -0.4 is 10.6 Å². The molecule has 2 amide bonds. The van der Waals surface area contributed by atoms with Gasteiger partial charge in [0.1, 0.15) is 0 Å². The summed E-state index contributed by atoms with van der Waals surface area (Å²) in [4.78, 5) is 22.1. The summed E-state index contributed by atoms with van der Waals surface area (Å²) >= 11 is 0. The highest BCUT2D eigenvalue weighted by Crippen LogP contribution is 2.10. The van der Waals surface area contributed by atoms with Crippen LogP contribution in [0, 0.1) is 0 Å². The van der Waals surface area contributed by atoms with E-state index in [1.807, 2.05) is 6.92 Å². The maximum atomic E-state index is 11.7. The minimum Gasteiger partial charge on any atom is -0.478 e. The van der Waals surface area contributed by atoms with Crippen LogP contribution in [0.4, 0.5) is 10.5 Å². The van der Waals surface area contributed by atoms with Gasteiger partial charge in [0.05, 0.1) is 0 Å². The van der Waals surface area contributed by atoms with Crippen molar-refractivity contribution in [2.45, 2.75) is 19.4 Å². The summed E-state index contributed by atoms with van der Waals surface area (Å²) in [6.07, 6.45) is 3.29. The van der Waals surface area contributed by atoms with Gasteiger partial charge in [0.2, 0.25) is 0 Å². The first-order valence-corrected chi connectivity index (χ1v) is 6.59. The van der Waals surface area contributed by atoms with Crippen molar-refractivity contribution in [3.8, 4) is 0 Å². The number of hydrogen-bond donors (Lipinski definition) is 3. The lowest BCUT2D eigenvalue weighted by molar-refractivity contribution is -0.131. The van der Waals surface area contributed by atoms with Crippen LogP contribution in [0.3, 0.4) is 0 Å². The molecule has 21 heavy (non-hydrogen) atoms. The number of aliphatic carboxylic acids is 1. The van der Waals surface area contributed by atoms with E-state index in [0.717, 1.165) is 18.1 Å². The first kappa shape index (κ1) is 16.7. The Balaban J connectivity index is 2.48. The average Bonchev–Trinajstić information content (AvgIpc) is 2.44. The van der Waals surface area contributed by atoms with Gasteiger partial charge in [0, 0.05) is 31.5 Å². The minimum absolute atomic E-state index is 0.0164. The van der Waals surface area contributed by atoms with Crippen molar-refractivity contribution in [3.63, 3.8) is 0 Å². The number of hydrogen-bond acceptors (Lipinski definition) is 3. The number of carboxylic acids is 1. The predicted molar refractivity (Wildman–Crippen MR) is 81.2 cm³/mol. The summed E-state index contributed by atoms with van der Waals surface area (Å²) < 4.78 is 4.95. The van der Waals surface area contributed by atoms with Crippen LogP contribution in [0.25, 0.3) is 6.08 Å². The molecule has 0 radical (unpaired) electrons. The van der Waals surface area contributed by atoms with E-state index in [2.05, 4.69) is 10.6 Å². The molecular weight excluding hydrogens is 272 g/mol. The van der Waals surface area contributed by atoms with Crippen LogP contribution >= 0.6 is 0 Å². The zero-order valence-corrected chi connectivity index (χ0v) is 12.1. The number of carbonyl (C=O) groups excluding carboxylic acids is 1. The first-order valence-electron chi connectivity index (χ1n) is 6.59. The number of carbonyl (C=O) groups is 2.